The zero-order valence-electron chi connectivity index (χ0n) is 16.0. The molecule has 150 valence electrons. The highest BCUT2D eigenvalue weighted by Crippen LogP contribution is 2.25. The lowest BCUT2D eigenvalue weighted by molar-refractivity contribution is 0.0951. The first kappa shape index (κ1) is 21.0. The number of aliphatic hydroxyl groups excluding tert-OH is 1. The van der Waals surface area contributed by atoms with E-state index >= 15 is 0 Å². The maximum atomic E-state index is 13.7. The number of aliphatic hydroxyl groups is 1. The van der Waals surface area contributed by atoms with E-state index in [-0.39, 0.29) is 18.0 Å². The van der Waals surface area contributed by atoms with Crippen LogP contribution in [0.5, 0.6) is 0 Å². The largest absolute Gasteiger partial charge is 0.392 e. The Morgan fingerprint density at radius 1 is 1.07 bits per heavy atom. The number of amides is 1. The van der Waals surface area contributed by atoms with Crippen LogP contribution in [0, 0.1) is 12.7 Å². The van der Waals surface area contributed by atoms with Gasteiger partial charge in [0.1, 0.15) is 5.82 Å². The summed E-state index contributed by atoms with van der Waals surface area (Å²) in [6, 6.07) is 15.4. The minimum absolute atomic E-state index is 0.199. The summed E-state index contributed by atoms with van der Waals surface area (Å²) in [4.78, 5) is 12.7. The van der Waals surface area contributed by atoms with E-state index in [0.29, 0.717) is 22.7 Å². The molecule has 3 aromatic rings. The molecule has 3 aromatic carbocycles. The van der Waals surface area contributed by atoms with Crippen molar-refractivity contribution in [3.8, 4) is 11.1 Å². The summed E-state index contributed by atoms with van der Waals surface area (Å²) in [5.74, 6) is -0.707. The van der Waals surface area contributed by atoms with Gasteiger partial charge in [-0.1, -0.05) is 29.8 Å². The fraction of sp³-hybridized carbons (Fsp3) is 0.174. The Bertz CT molecular complexity index is 1050. The number of hydrogen-bond donors (Lipinski definition) is 3. The van der Waals surface area contributed by atoms with Crippen molar-refractivity contribution >= 4 is 17.5 Å². The van der Waals surface area contributed by atoms with Crippen LogP contribution in [0.15, 0.2) is 54.6 Å². The van der Waals surface area contributed by atoms with Crippen LogP contribution in [0.4, 0.5) is 4.39 Å². The molecule has 0 aliphatic heterocycles. The molecule has 0 atom stereocenters. The molecule has 4 nitrogen and oxygen atoms in total. The molecule has 0 aliphatic carbocycles. The Morgan fingerprint density at radius 3 is 2.55 bits per heavy atom. The summed E-state index contributed by atoms with van der Waals surface area (Å²) >= 11 is 6.04. The van der Waals surface area contributed by atoms with Gasteiger partial charge in [0.2, 0.25) is 0 Å². The van der Waals surface area contributed by atoms with Gasteiger partial charge < -0.3 is 16.2 Å². The second kappa shape index (κ2) is 9.18. The average Bonchev–Trinajstić information content (AvgIpc) is 2.74. The highest BCUT2D eigenvalue weighted by Gasteiger charge is 2.11. The van der Waals surface area contributed by atoms with Crippen LogP contribution in [-0.2, 0) is 19.7 Å². The van der Waals surface area contributed by atoms with E-state index in [1.807, 2.05) is 25.1 Å². The molecule has 29 heavy (non-hydrogen) atoms. The molecular weight excluding hydrogens is 391 g/mol. The monoisotopic (exact) mass is 412 g/mol. The fourth-order valence-electron chi connectivity index (χ4n) is 3.08. The van der Waals surface area contributed by atoms with Gasteiger partial charge in [-0.05, 0) is 71.1 Å². The summed E-state index contributed by atoms with van der Waals surface area (Å²) in [6.07, 6.45) is 0. The molecule has 0 unspecified atom stereocenters. The van der Waals surface area contributed by atoms with Crippen molar-refractivity contribution in [3.05, 3.63) is 93.3 Å². The molecule has 0 saturated carbocycles. The molecule has 1 amide bonds. The van der Waals surface area contributed by atoms with Crippen LogP contribution in [0.3, 0.4) is 0 Å². The molecule has 0 aromatic heterocycles. The summed E-state index contributed by atoms with van der Waals surface area (Å²) < 4.78 is 13.7. The summed E-state index contributed by atoms with van der Waals surface area (Å²) in [5, 5.41) is 12.9. The van der Waals surface area contributed by atoms with E-state index < -0.39 is 12.4 Å². The minimum Gasteiger partial charge on any atom is -0.392 e. The molecule has 4 N–H and O–H groups in total. The van der Waals surface area contributed by atoms with Gasteiger partial charge in [0.15, 0.2) is 0 Å². The molecule has 0 heterocycles. The predicted molar refractivity (Wildman–Crippen MR) is 113 cm³/mol. The number of rotatable bonds is 6. The van der Waals surface area contributed by atoms with Crippen LogP contribution in [-0.4, -0.2) is 11.0 Å². The summed E-state index contributed by atoms with van der Waals surface area (Å²) in [5.41, 5.74) is 10.6. The second-order valence-electron chi connectivity index (χ2n) is 6.85. The van der Waals surface area contributed by atoms with Gasteiger partial charge in [0, 0.05) is 29.2 Å². The van der Waals surface area contributed by atoms with Gasteiger partial charge in [-0.25, -0.2) is 4.39 Å². The van der Waals surface area contributed by atoms with Crippen molar-refractivity contribution in [2.24, 2.45) is 5.73 Å². The molecule has 3 rings (SSSR count). The lowest BCUT2D eigenvalue weighted by atomic mass is 9.97. The summed E-state index contributed by atoms with van der Waals surface area (Å²) in [6.45, 7) is 2.14. The average molecular weight is 413 g/mol. The van der Waals surface area contributed by atoms with Crippen molar-refractivity contribution in [3.63, 3.8) is 0 Å². The number of carbonyl (C=O) groups excluding carboxylic acids is 1. The van der Waals surface area contributed by atoms with E-state index in [1.54, 1.807) is 30.3 Å². The Morgan fingerprint density at radius 2 is 1.86 bits per heavy atom. The third kappa shape index (κ3) is 5.01. The van der Waals surface area contributed by atoms with Crippen molar-refractivity contribution < 1.29 is 14.3 Å². The normalized spacial score (nSPS) is 10.8. The zero-order chi connectivity index (χ0) is 21.0. The van der Waals surface area contributed by atoms with E-state index in [4.69, 9.17) is 17.3 Å². The molecule has 0 bridgehead atoms. The molecule has 0 fully saturated rings. The van der Waals surface area contributed by atoms with Gasteiger partial charge in [0.05, 0.1) is 6.61 Å². The number of nitrogens with two attached hydrogens (primary N) is 1. The number of carbonyl (C=O) groups is 1. The van der Waals surface area contributed by atoms with Crippen molar-refractivity contribution in [2.75, 3.05) is 0 Å². The van der Waals surface area contributed by atoms with Crippen LogP contribution in [0.2, 0.25) is 5.02 Å². The Kier molecular flexibility index (Phi) is 6.64. The van der Waals surface area contributed by atoms with Crippen LogP contribution in [0.25, 0.3) is 11.1 Å². The first-order valence-electron chi connectivity index (χ1n) is 9.18. The maximum Gasteiger partial charge on any atom is 0.251 e. The number of aryl methyl sites for hydroxylation is 1. The lowest BCUT2D eigenvalue weighted by Gasteiger charge is -2.11. The van der Waals surface area contributed by atoms with Gasteiger partial charge in [-0.2, -0.15) is 0 Å². The van der Waals surface area contributed by atoms with Crippen molar-refractivity contribution in [2.45, 2.75) is 26.6 Å². The topological polar surface area (TPSA) is 75.4 Å². The van der Waals surface area contributed by atoms with Gasteiger partial charge in [-0.15, -0.1) is 0 Å². The first-order chi connectivity index (χ1) is 13.9. The zero-order valence-corrected chi connectivity index (χ0v) is 16.8. The number of hydrogen-bond acceptors (Lipinski definition) is 3. The number of benzene rings is 3. The van der Waals surface area contributed by atoms with Gasteiger partial charge >= 0.3 is 0 Å². The van der Waals surface area contributed by atoms with Crippen LogP contribution >= 0.6 is 11.6 Å². The van der Waals surface area contributed by atoms with Crippen LogP contribution < -0.4 is 11.1 Å². The Labute approximate surface area is 174 Å². The van der Waals surface area contributed by atoms with Crippen LogP contribution in [0.1, 0.15) is 32.6 Å². The smallest absolute Gasteiger partial charge is 0.251 e. The fourth-order valence-corrected chi connectivity index (χ4v) is 3.20. The van der Waals surface area contributed by atoms with E-state index in [9.17, 15) is 14.3 Å². The maximum absolute atomic E-state index is 13.7. The molecule has 0 radical (unpaired) electrons. The molecule has 6 heteroatoms. The quantitative estimate of drug-likeness (QED) is 0.564. The van der Waals surface area contributed by atoms with E-state index in [1.165, 1.54) is 6.07 Å². The third-order valence-electron chi connectivity index (χ3n) is 4.72. The Hall–Kier alpha value is -2.73. The first-order valence-corrected chi connectivity index (χ1v) is 9.56. The van der Waals surface area contributed by atoms with Crippen molar-refractivity contribution in [1.82, 2.24) is 5.32 Å². The van der Waals surface area contributed by atoms with Gasteiger partial charge in [0.25, 0.3) is 5.91 Å². The SMILES string of the molecule is Cc1cc(CNC(=O)c2cc(CN)cc(-c3ccc(F)c(CO)c3)c2)ccc1Cl. The van der Waals surface area contributed by atoms with Crippen molar-refractivity contribution in [1.29, 1.82) is 0 Å². The highest BCUT2D eigenvalue weighted by molar-refractivity contribution is 6.31. The third-order valence-corrected chi connectivity index (χ3v) is 5.14. The lowest BCUT2D eigenvalue weighted by Crippen LogP contribution is -2.23. The second-order valence-corrected chi connectivity index (χ2v) is 7.26. The molecule has 0 spiro atoms. The molecule has 0 saturated heterocycles. The molecular formula is C23H22ClFN2O2. The standard InChI is InChI=1S/C23H22ClFN2O2/c1-14-6-15(2-4-21(14)24)12-27-23(29)19-8-16(11-26)7-18(10-19)17-3-5-22(25)20(9-17)13-28/h2-10,28H,11-13,26H2,1H3,(H,27,29). The van der Waals surface area contributed by atoms with E-state index in [0.717, 1.165) is 22.3 Å². The number of halogens is 2. The number of nitrogens with one attached hydrogen (secondary N) is 1. The molecule has 0 aliphatic rings. The highest BCUT2D eigenvalue weighted by atomic mass is 35.5. The summed E-state index contributed by atoms with van der Waals surface area (Å²) in [7, 11) is 0. The van der Waals surface area contributed by atoms with Gasteiger partial charge in [-0.3, -0.25) is 4.79 Å². The van der Waals surface area contributed by atoms with E-state index in [2.05, 4.69) is 5.32 Å². The Balaban J connectivity index is 1.86. The predicted octanol–water partition coefficient (Wildman–Crippen LogP) is 4.34. The minimum atomic E-state index is -0.470.